The average Bonchev–Trinajstić information content (AvgIpc) is 2.98. The molecule has 3 fully saturated rings. The number of carboxylic acid groups (broad SMARTS) is 1. The van der Waals surface area contributed by atoms with Crippen LogP contribution >= 0.6 is 11.8 Å². The summed E-state index contributed by atoms with van der Waals surface area (Å²) >= 11 is 1.42. The molecule has 4 rings (SSSR count). The van der Waals surface area contributed by atoms with Gasteiger partial charge in [-0.3, -0.25) is 14.4 Å². The fourth-order valence-corrected chi connectivity index (χ4v) is 8.99. The number of hydrogen-bond acceptors (Lipinski definition) is 5. The molecule has 0 aromatic rings. The molecule has 4 aliphatic rings. The molecule has 6 heteroatoms. The Labute approximate surface area is 183 Å². The summed E-state index contributed by atoms with van der Waals surface area (Å²) in [6.07, 6.45) is 7.05. The molecule has 4 aliphatic carbocycles. The van der Waals surface area contributed by atoms with E-state index in [1.807, 2.05) is 0 Å². The van der Waals surface area contributed by atoms with Gasteiger partial charge in [0.05, 0.1) is 6.10 Å². The third-order valence-electron chi connectivity index (χ3n) is 9.29. The van der Waals surface area contributed by atoms with E-state index in [1.54, 1.807) is 13.0 Å². The van der Waals surface area contributed by atoms with Gasteiger partial charge >= 0.3 is 5.97 Å². The molecule has 0 bridgehead atoms. The Morgan fingerprint density at radius 1 is 1.17 bits per heavy atom. The van der Waals surface area contributed by atoms with Gasteiger partial charge in [-0.25, -0.2) is 0 Å². The third-order valence-corrected chi connectivity index (χ3v) is 10.4. The first-order valence-electron chi connectivity index (χ1n) is 11.4. The molecular formula is C24H34O5S. The van der Waals surface area contributed by atoms with E-state index < -0.39 is 17.5 Å². The maximum Gasteiger partial charge on any atom is 0.303 e. The Morgan fingerprint density at radius 3 is 2.57 bits per heavy atom. The van der Waals surface area contributed by atoms with Crippen molar-refractivity contribution in [3.8, 4) is 0 Å². The van der Waals surface area contributed by atoms with Crippen LogP contribution in [0.25, 0.3) is 0 Å². The topological polar surface area (TPSA) is 91.7 Å². The molecule has 30 heavy (non-hydrogen) atoms. The number of carbonyl (C=O) groups excluding carboxylic acids is 2. The highest BCUT2D eigenvalue weighted by molar-refractivity contribution is 8.14. The Kier molecular flexibility index (Phi) is 5.72. The summed E-state index contributed by atoms with van der Waals surface area (Å²) in [6.45, 7) is 6.11. The lowest BCUT2D eigenvalue weighted by molar-refractivity contribution is -0.138. The minimum Gasteiger partial charge on any atom is -0.481 e. The maximum atomic E-state index is 12.2. The second-order valence-corrected chi connectivity index (χ2v) is 11.9. The van der Waals surface area contributed by atoms with E-state index in [1.165, 1.54) is 11.8 Å². The van der Waals surface area contributed by atoms with Gasteiger partial charge in [-0.2, -0.15) is 0 Å². The zero-order chi connectivity index (χ0) is 21.8. The van der Waals surface area contributed by atoms with Gasteiger partial charge in [0.1, 0.15) is 0 Å². The van der Waals surface area contributed by atoms with Crippen LogP contribution in [0.2, 0.25) is 0 Å². The van der Waals surface area contributed by atoms with Gasteiger partial charge in [-0.15, -0.1) is 0 Å². The summed E-state index contributed by atoms with van der Waals surface area (Å²) in [5, 5.41) is 20.5. The molecule has 5 nitrogen and oxygen atoms in total. The van der Waals surface area contributed by atoms with Crippen LogP contribution in [0, 0.1) is 34.5 Å². The fraction of sp³-hybridized carbons (Fsp3) is 0.792. The van der Waals surface area contributed by atoms with Crippen molar-refractivity contribution < 1.29 is 24.6 Å². The summed E-state index contributed by atoms with van der Waals surface area (Å²) in [5.74, 6) is 0.692. The number of aliphatic hydroxyl groups excluding tert-OH is 1. The highest BCUT2D eigenvalue weighted by atomic mass is 32.2. The number of hydrogen-bond donors (Lipinski definition) is 2. The molecule has 0 radical (unpaired) electrons. The molecule has 3 saturated carbocycles. The van der Waals surface area contributed by atoms with Crippen LogP contribution in [0.5, 0.6) is 0 Å². The van der Waals surface area contributed by atoms with E-state index in [-0.39, 0.29) is 40.3 Å². The summed E-state index contributed by atoms with van der Waals surface area (Å²) in [5.41, 5.74) is 0.738. The van der Waals surface area contributed by atoms with E-state index in [0.717, 1.165) is 37.7 Å². The number of aliphatic hydroxyl groups is 1. The number of rotatable bonds is 4. The van der Waals surface area contributed by atoms with Crippen LogP contribution in [-0.2, 0) is 14.4 Å². The lowest BCUT2D eigenvalue weighted by atomic mass is 9.46. The van der Waals surface area contributed by atoms with Crippen LogP contribution in [0.4, 0.5) is 0 Å². The smallest absolute Gasteiger partial charge is 0.303 e. The molecule has 2 N–H and O–H groups in total. The van der Waals surface area contributed by atoms with E-state index >= 15 is 0 Å². The Hall–Kier alpha value is -1.14. The largest absolute Gasteiger partial charge is 0.481 e. The Morgan fingerprint density at radius 2 is 1.90 bits per heavy atom. The highest BCUT2D eigenvalue weighted by Gasteiger charge is 2.63. The lowest BCUT2D eigenvalue weighted by Gasteiger charge is -2.61. The predicted octanol–water partition coefficient (Wildman–Crippen LogP) is 4.23. The van der Waals surface area contributed by atoms with Crippen molar-refractivity contribution in [1.29, 1.82) is 0 Å². The number of ketones is 1. The zero-order valence-corrected chi connectivity index (χ0v) is 19.0. The number of thioether (sulfide) groups is 1. The van der Waals surface area contributed by atoms with E-state index in [0.29, 0.717) is 24.2 Å². The quantitative estimate of drug-likeness (QED) is 0.688. The molecule has 0 spiro atoms. The van der Waals surface area contributed by atoms with Crippen molar-refractivity contribution in [3.63, 3.8) is 0 Å². The van der Waals surface area contributed by atoms with Gasteiger partial charge in [-0.05, 0) is 73.7 Å². The van der Waals surface area contributed by atoms with Gasteiger partial charge in [0.2, 0.25) is 0 Å². The Balaban J connectivity index is 1.70. The van der Waals surface area contributed by atoms with Crippen molar-refractivity contribution in [3.05, 3.63) is 11.6 Å². The molecule has 8 atom stereocenters. The minimum absolute atomic E-state index is 0.00440. The summed E-state index contributed by atoms with van der Waals surface area (Å²) < 4.78 is 0. The fourth-order valence-electron chi connectivity index (χ4n) is 7.77. The molecule has 0 heterocycles. The first-order chi connectivity index (χ1) is 14.1. The van der Waals surface area contributed by atoms with Gasteiger partial charge in [0, 0.05) is 30.4 Å². The van der Waals surface area contributed by atoms with Crippen molar-refractivity contribution >= 4 is 28.6 Å². The van der Waals surface area contributed by atoms with Gasteiger partial charge < -0.3 is 10.2 Å². The van der Waals surface area contributed by atoms with Crippen molar-refractivity contribution in [2.45, 2.75) is 83.5 Å². The summed E-state index contributed by atoms with van der Waals surface area (Å²) in [7, 11) is 0. The highest BCUT2D eigenvalue weighted by Crippen LogP contribution is 2.68. The number of carbonyl (C=O) groups is 3. The minimum atomic E-state index is -0.726. The second-order valence-electron chi connectivity index (χ2n) is 10.5. The second kappa shape index (κ2) is 7.77. The molecule has 0 aromatic carbocycles. The van der Waals surface area contributed by atoms with Crippen LogP contribution in [0.1, 0.15) is 72.1 Å². The Bertz CT molecular complexity index is 790. The normalized spacial score (nSPS) is 45.2. The predicted molar refractivity (Wildman–Crippen MR) is 116 cm³/mol. The number of carboxylic acids is 1. The van der Waals surface area contributed by atoms with E-state index in [2.05, 4.69) is 13.8 Å². The summed E-state index contributed by atoms with van der Waals surface area (Å²) in [6, 6.07) is 0. The lowest BCUT2D eigenvalue weighted by Crippen LogP contribution is -2.58. The molecule has 2 unspecified atom stereocenters. The van der Waals surface area contributed by atoms with Crippen LogP contribution in [-0.4, -0.2) is 38.4 Å². The van der Waals surface area contributed by atoms with Gasteiger partial charge in [-0.1, -0.05) is 31.2 Å². The maximum absolute atomic E-state index is 12.2. The number of fused-ring (bicyclic) bond motifs is 5. The van der Waals surface area contributed by atoms with E-state index in [9.17, 15) is 24.6 Å². The summed E-state index contributed by atoms with van der Waals surface area (Å²) in [4.78, 5) is 35.5. The first-order valence-corrected chi connectivity index (χ1v) is 12.3. The van der Waals surface area contributed by atoms with Crippen molar-refractivity contribution in [2.24, 2.45) is 34.5 Å². The van der Waals surface area contributed by atoms with Crippen molar-refractivity contribution in [2.75, 3.05) is 0 Å². The van der Waals surface area contributed by atoms with Gasteiger partial charge in [0.15, 0.2) is 10.9 Å². The van der Waals surface area contributed by atoms with E-state index in [4.69, 9.17) is 0 Å². The van der Waals surface area contributed by atoms with Crippen molar-refractivity contribution in [1.82, 2.24) is 0 Å². The molecule has 0 saturated heterocycles. The third kappa shape index (κ3) is 3.38. The average molecular weight is 435 g/mol. The van der Waals surface area contributed by atoms with Crippen LogP contribution in [0.3, 0.4) is 0 Å². The molecule has 0 aliphatic heterocycles. The SMILES string of the molecule is CC(=O)SC1CC2=CC(=O)CC(O)[C@]2(C)[C@H]2CC[C@]3(C)[C@@H](CCC(=O)O)CC[C@H]3[C@H]12. The first kappa shape index (κ1) is 22.1. The monoisotopic (exact) mass is 434 g/mol. The standard InChI is InChI=1S/C24H34O5S/c1-13(25)30-19-11-15-10-16(26)12-20(27)24(15,3)18-8-9-23(2)14(5-7-21(28)29)4-6-17(23)22(18)19/h10,14,17-20,22,27H,4-9,11-12H2,1-3H3,(H,28,29)/t14-,17+,18+,19?,20?,22+,23-,24+/m1/s1. The number of aliphatic carboxylic acids is 1. The molecule has 0 amide bonds. The van der Waals surface area contributed by atoms with Gasteiger partial charge in [0.25, 0.3) is 0 Å². The van der Waals surface area contributed by atoms with Crippen LogP contribution < -0.4 is 0 Å². The molecular weight excluding hydrogens is 400 g/mol. The zero-order valence-electron chi connectivity index (χ0n) is 18.2. The van der Waals surface area contributed by atoms with Crippen LogP contribution in [0.15, 0.2) is 11.6 Å². The molecule has 0 aromatic heterocycles. The molecule has 166 valence electrons.